The van der Waals surface area contributed by atoms with Gasteiger partial charge in [0.15, 0.2) is 11.6 Å². The summed E-state index contributed by atoms with van der Waals surface area (Å²) in [5.74, 6) is 0.592. The van der Waals surface area contributed by atoms with E-state index in [9.17, 15) is 9.59 Å². The van der Waals surface area contributed by atoms with Crippen molar-refractivity contribution in [1.82, 2.24) is 9.97 Å². The molecule has 0 atom stereocenters. The first kappa shape index (κ1) is 23.5. The number of aromatic amines is 1. The van der Waals surface area contributed by atoms with E-state index in [0.29, 0.717) is 33.5 Å². The molecule has 6 rings (SSSR count). The van der Waals surface area contributed by atoms with E-state index >= 15 is 0 Å². The van der Waals surface area contributed by atoms with Crippen LogP contribution < -0.4 is 9.47 Å². The normalized spacial score (nSPS) is 11.3. The number of H-pyrrole nitrogens is 1. The number of Topliss-reactive ketones (excluding diaryl/α,β-unsaturated/α-hetero) is 2. The predicted molar refractivity (Wildman–Crippen MR) is 145 cm³/mol. The molecule has 3 aromatic heterocycles. The molecular weight excluding hydrogens is 480 g/mol. The summed E-state index contributed by atoms with van der Waals surface area (Å²) < 4.78 is 17.1. The van der Waals surface area contributed by atoms with Crippen LogP contribution in [-0.2, 0) is 6.61 Å². The highest BCUT2D eigenvalue weighted by Crippen LogP contribution is 2.34. The summed E-state index contributed by atoms with van der Waals surface area (Å²) in [6, 6.07) is 21.8. The molecule has 188 valence electrons. The standard InChI is InChI=1S/C31H24N2O5/c1-18-30-25(22-9-8-21(36-2)15-26(22)33-30)14-20(32-18)17-38-31-23(10-11-29-24(31)12-13-37-29)28(35)16-27(34)19-6-4-3-5-7-19/h3-15,33H,16-17H2,1-2H3. The molecule has 7 nitrogen and oxygen atoms in total. The van der Waals surface area contributed by atoms with Crippen LogP contribution >= 0.6 is 0 Å². The molecule has 0 bridgehead atoms. The molecule has 3 heterocycles. The van der Waals surface area contributed by atoms with Gasteiger partial charge in [-0.15, -0.1) is 0 Å². The molecule has 0 radical (unpaired) electrons. The Kier molecular flexibility index (Phi) is 5.88. The summed E-state index contributed by atoms with van der Waals surface area (Å²) in [5, 5.41) is 2.75. The lowest BCUT2D eigenvalue weighted by atomic mass is 9.99. The maximum atomic E-state index is 13.3. The van der Waals surface area contributed by atoms with Crippen LogP contribution in [-0.4, -0.2) is 28.6 Å². The Morgan fingerprint density at radius 2 is 1.76 bits per heavy atom. The van der Waals surface area contributed by atoms with Gasteiger partial charge in [0, 0.05) is 22.4 Å². The fourth-order valence-electron chi connectivity index (χ4n) is 4.81. The second-order valence-electron chi connectivity index (χ2n) is 9.11. The second kappa shape index (κ2) is 9.52. The Hall–Kier alpha value is -4.91. The van der Waals surface area contributed by atoms with Gasteiger partial charge in [0.25, 0.3) is 0 Å². The minimum Gasteiger partial charge on any atom is -0.497 e. The van der Waals surface area contributed by atoms with Gasteiger partial charge in [-0.3, -0.25) is 14.6 Å². The van der Waals surface area contributed by atoms with Crippen LogP contribution in [0.25, 0.3) is 32.8 Å². The molecule has 0 saturated heterocycles. The van der Waals surface area contributed by atoms with Gasteiger partial charge in [-0.2, -0.15) is 0 Å². The maximum Gasteiger partial charge on any atom is 0.174 e. The molecule has 3 aromatic carbocycles. The number of nitrogens with one attached hydrogen (secondary N) is 1. The zero-order chi connectivity index (χ0) is 26.2. The summed E-state index contributed by atoms with van der Waals surface area (Å²) >= 11 is 0. The lowest BCUT2D eigenvalue weighted by Crippen LogP contribution is -2.11. The third kappa shape index (κ3) is 4.18. The highest BCUT2D eigenvalue weighted by Gasteiger charge is 2.21. The zero-order valence-electron chi connectivity index (χ0n) is 20.9. The topological polar surface area (TPSA) is 94.4 Å². The lowest BCUT2D eigenvalue weighted by Gasteiger charge is -2.12. The number of nitrogens with zero attached hydrogens (tertiary/aromatic N) is 1. The number of hydrogen-bond acceptors (Lipinski definition) is 6. The number of hydrogen-bond donors (Lipinski definition) is 1. The van der Waals surface area contributed by atoms with Crippen LogP contribution in [0.2, 0.25) is 0 Å². The van der Waals surface area contributed by atoms with Gasteiger partial charge in [-0.05, 0) is 43.3 Å². The molecule has 7 heteroatoms. The Morgan fingerprint density at radius 3 is 2.58 bits per heavy atom. The number of fused-ring (bicyclic) bond motifs is 4. The van der Waals surface area contributed by atoms with E-state index in [1.165, 1.54) is 0 Å². The fourth-order valence-corrected chi connectivity index (χ4v) is 4.81. The number of furan rings is 1. The van der Waals surface area contributed by atoms with Crippen molar-refractivity contribution in [2.75, 3.05) is 7.11 Å². The first-order valence-electron chi connectivity index (χ1n) is 12.2. The van der Waals surface area contributed by atoms with Gasteiger partial charge in [0.05, 0.1) is 53.2 Å². The number of carbonyl (C=O) groups is 2. The number of pyridine rings is 1. The number of aromatic nitrogens is 2. The Balaban J connectivity index is 1.33. The number of methoxy groups -OCH3 is 1. The molecule has 0 amide bonds. The molecule has 0 aliphatic rings. The summed E-state index contributed by atoms with van der Waals surface area (Å²) in [7, 11) is 1.64. The van der Waals surface area contributed by atoms with E-state index in [0.717, 1.165) is 33.2 Å². The molecule has 0 aliphatic heterocycles. The minimum atomic E-state index is -0.317. The van der Waals surface area contributed by atoms with Crippen LogP contribution in [0.4, 0.5) is 0 Å². The number of benzene rings is 3. The highest BCUT2D eigenvalue weighted by atomic mass is 16.5. The van der Waals surface area contributed by atoms with Gasteiger partial charge in [0.2, 0.25) is 0 Å². The van der Waals surface area contributed by atoms with Crippen molar-refractivity contribution in [3.63, 3.8) is 0 Å². The van der Waals surface area contributed by atoms with Gasteiger partial charge < -0.3 is 18.9 Å². The zero-order valence-corrected chi connectivity index (χ0v) is 20.9. The summed E-state index contributed by atoms with van der Waals surface area (Å²) in [4.78, 5) is 34.1. The SMILES string of the molecule is COc1ccc2c(c1)[nH]c1c(C)nc(COc3c(C(=O)CC(=O)c4ccccc4)ccc4occc34)cc12. The van der Waals surface area contributed by atoms with Gasteiger partial charge in [-0.1, -0.05) is 30.3 Å². The van der Waals surface area contributed by atoms with Crippen molar-refractivity contribution in [2.24, 2.45) is 0 Å². The molecular formula is C31H24N2O5. The second-order valence-corrected chi connectivity index (χ2v) is 9.11. The average Bonchev–Trinajstić information content (AvgIpc) is 3.57. The van der Waals surface area contributed by atoms with Crippen molar-refractivity contribution in [2.45, 2.75) is 20.0 Å². The number of carbonyl (C=O) groups excluding carboxylic acids is 2. The molecule has 1 N–H and O–H groups in total. The summed E-state index contributed by atoms with van der Waals surface area (Å²) in [6.45, 7) is 2.08. The predicted octanol–water partition coefficient (Wildman–Crippen LogP) is 6.81. The van der Waals surface area contributed by atoms with Crippen molar-refractivity contribution in [3.05, 3.63) is 102 Å². The van der Waals surface area contributed by atoms with Gasteiger partial charge in [-0.25, -0.2) is 0 Å². The van der Waals surface area contributed by atoms with Crippen LogP contribution in [0.15, 0.2) is 83.5 Å². The molecule has 0 spiro atoms. The van der Waals surface area contributed by atoms with Crippen molar-refractivity contribution in [3.8, 4) is 11.5 Å². The van der Waals surface area contributed by atoms with Gasteiger partial charge >= 0.3 is 0 Å². The van der Waals surface area contributed by atoms with Crippen molar-refractivity contribution in [1.29, 1.82) is 0 Å². The summed E-state index contributed by atoms with van der Waals surface area (Å²) in [6.07, 6.45) is 1.29. The maximum absolute atomic E-state index is 13.3. The van der Waals surface area contributed by atoms with E-state index < -0.39 is 0 Å². The third-order valence-electron chi connectivity index (χ3n) is 6.70. The fraction of sp³-hybridized carbons (Fsp3) is 0.129. The van der Waals surface area contributed by atoms with Crippen molar-refractivity contribution < 1.29 is 23.5 Å². The van der Waals surface area contributed by atoms with Crippen LogP contribution in [0, 0.1) is 6.92 Å². The number of aryl methyl sites for hydroxylation is 1. The van der Waals surface area contributed by atoms with Crippen LogP contribution in [0.5, 0.6) is 11.5 Å². The number of ether oxygens (including phenoxy) is 2. The largest absolute Gasteiger partial charge is 0.497 e. The van der Waals surface area contributed by atoms with E-state index in [-0.39, 0.29) is 24.6 Å². The third-order valence-corrected chi connectivity index (χ3v) is 6.70. The highest BCUT2D eigenvalue weighted by molar-refractivity contribution is 6.16. The average molecular weight is 505 g/mol. The first-order chi connectivity index (χ1) is 18.5. The molecule has 0 aliphatic carbocycles. The van der Waals surface area contributed by atoms with Gasteiger partial charge in [0.1, 0.15) is 23.7 Å². The molecule has 6 aromatic rings. The van der Waals surface area contributed by atoms with Crippen molar-refractivity contribution >= 4 is 44.3 Å². The molecule has 38 heavy (non-hydrogen) atoms. The van der Waals surface area contributed by atoms with Crippen LogP contribution in [0.3, 0.4) is 0 Å². The quantitative estimate of drug-likeness (QED) is 0.181. The van der Waals surface area contributed by atoms with Crippen LogP contribution in [0.1, 0.15) is 38.5 Å². The van der Waals surface area contributed by atoms with E-state index in [1.807, 2.05) is 37.3 Å². The van der Waals surface area contributed by atoms with E-state index in [2.05, 4.69) is 4.98 Å². The molecule has 0 fully saturated rings. The lowest BCUT2D eigenvalue weighted by molar-refractivity contribution is 0.0892. The Bertz CT molecular complexity index is 1830. The minimum absolute atomic E-state index is 0.136. The monoisotopic (exact) mass is 504 g/mol. The smallest absolute Gasteiger partial charge is 0.174 e. The Labute approximate surface area is 218 Å². The number of ketones is 2. The Morgan fingerprint density at radius 1 is 0.921 bits per heavy atom. The molecule has 0 unspecified atom stereocenters. The van der Waals surface area contributed by atoms with E-state index in [1.54, 1.807) is 55.8 Å². The first-order valence-corrected chi connectivity index (χ1v) is 12.2. The summed E-state index contributed by atoms with van der Waals surface area (Å²) in [5.41, 5.74) is 4.88. The number of rotatable bonds is 8. The van der Waals surface area contributed by atoms with E-state index in [4.69, 9.17) is 18.9 Å². The molecule has 0 saturated carbocycles.